The minimum absolute atomic E-state index is 0.0905. The Morgan fingerprint density at radius 3 is 2.41 bits per heavy atom. The lowest BCUT2D eigenvalue weighted by molar-refractivity contribution is 0.0939. The number of hydrogen-bond donors (Lipinski definition) is 1. The molecule has 0 aliphatic heterocycles. The molecule has 5 heteroatoms. The van der Waals surface area contributed by atoms with Crippen molar-refractivity contribution in [3.8, 4) is 11.5 Å². The predicted molar refractivity (Wildman–Crippen MR) is 94.6 cm³/mol. The first-order valence-electron chi connectivity index (χ1n) is 6.84. The zero-order valence-corrected chi connectivity index (χ0v) is 14.9. The summed E-state index contributed by atoms with van der Waals surface area (Å²) in [5, 5.41) is 3.00. The van der Waals surface area contributed by atoms with Crippen LogP contribution in [0, 0.1) is 3.57 Å². The molecule has 0 aliphatic rings. The van der Waals surface area contributed by atoms with E-state index in [1.807, 2.05) is 49.4 Å². The SMILES string of the molecule is COc1ccc(C(C)NC(=O)c2ccccc2I)cc1OC. The third-order valence-electron chi connectivity index (χ3n) is 3.37. The van der Waals surface area contributed by atoms with Crippen LogP contribution in [0.5, 0.6) is 11.5 Å². The summed E-state index contributed by atoms with van der Waals surface area (Å²) in [4.78, 5) is 12.4. The number of amides is 1. The summed E-state index contributed by atoms with van der Waals surface area (Å²) in [6.45, 7) is 1.94. The van der Waals surface area contributed by atoms with Gasteiger partial charge in [-0.2, -0.15) is 0 Å². The number of benzene rings is 2. The lowest BCUT2D eigenvalue weighted by atomic mass is 10.1. The average Bonchev–Trinajstić information content (AvgIpc) is 2.54. The summed E-state index contributed by atoms with van der Waals surface area (Å²) in [6.07, 6.45) is 0. The van der Waals surface area contributed by atoms with Crippen LogP contribution in [0.3, 0.4) is 0 Å². The van der Waals surface area contributed by atoms with Gasteiger partial charge < -0.3 is 14.8 Å². The van der Waals surface area contributed by atoms with E-state index in [1.54, 1.807) is 14.2 Å². The van der Waals surface area contributed by atoms with Crippen LogP contribution in [0.4, 0.5) is 0 Å². The minimum Gasteiger partial charge on any atom is -0.493 e. The van der Waals surface area contributed by atoms with E-state index >= 15 is 0 Å². The smallest absolute Gasteiger partial charge is 0.252 e. The second-order valence-electron chi connectivity index (χ2n) is 4.79. The Balaban J connectivity index is 2.17. The van der Waals surface area contributed by atoms with Crippen LogP contribution in [0.25, 0.3) is 0 Å². The molecule has 0 aromatic heterocycles. The molecule has 0 spiro atoms. The lowest BCUT2D eigenvalue weighted by Crippen LogP contribution is -2.27. The van der Waals surface area contributed by atoms with Gasteiger partial charge in [0.1, 0.15) is 0 Å². The molecule has 2 rings (SSSR count). The van der Waals surface area contributed by atoms with Crippen LogP contribution in [0.2, 0.25) is 0 Å². The monoisotopic (exact) mass is 411 g/mol. The molecule has 4 nitrogen and oxygen atoms in total. The van der Waals surface area contributed by atoms with E-state index in [-0.39, 0.29) is 11.9 Å². The van der Waals surface area contributed by atoms with Crippen LogP contribution >= 0.6 is 22.6 Å². The molecule has 0 bridgehead atoms. The maximum absolute atomic E-state index is 12.4. The van der Waals surface area contributed by atoms with Gasteiger partial charge in [-0.05, 0) is 59.3 Å². The van der Waals surface area contributed by atoms with Gasteiger partial charge >= 0.3 is 0 Å². The highest BCUT2D eigenvalue weighted by Crippen LogP contribution is 2.30. The maximum atomic E-state index is 12.4. The van der Waals surface area contributed by atoms with E-state index in [0.29, 0.717) is 17.1 Å². The molecule has 22 heavy (non-hydrogen) atoms. The van der Waals surface area contributed by atoms with Gasteiger partial charge in [-0.3, -0.25) is 4.79 Å². The van der Waals surface area contributed by atoms with Gasteiger partial charge in [-0.25, -0.2) is 0 Å². The van der Waals surface area contributed by atoms with Gasteiger partial charge in [-0.1, -0.05) is 18.2 Å². The topological polar surface area (TPSA) is 47.6 Å². The van der Waals surface area contributed by atoms with E-state index in [2.05, 4.69) is 27.9 Å². The fourth-order valence-corrected chi connectivity index (χ4v) is 2.76. The van der Waals surface area contributed by atoms with Crippen molar-refractivity contribution in [2.24, 2.45) is 0 Å². The van der Waals surface area contributed by atoms with Crippen molar-refractivity contribution in [3.63, 3.8) is 0 Å². The van der Waals surface area contributed by atoms with Gasteiger partial charge in [0.15, 0.2) is 11.5 Å². The highest BCUT2D eigenvalue weighted by molar-refractivity contribution is 14.1. The average molecular weight is 411 g/mol. The molecule has 1 unspecified atom stereocenters. The van der Waals surface area contributed by atoms with E-state index in [0.717, 1.165) is 9.13 Å². The third-order valence-corrected chi connectivity index (χ3v) is 4.31. The zero-order valence-electron chi connectivity index (χ0n) is 12.7. The highest BCUT2D eigenvalue weighted by Gasteiger charge is 2.15. The van der Waals surface area contributed by atoms with Crippen molar-refractivity contribution in [2.75, 3.05) is 14.2 Å². The standard InChI is InChI=1S/C17H18INO3/c1-11(12-8-9-15(21-2)16(10-12)22-3)19-17(20)13-6-4-5-7-14(13)18/h4-11H,1-3H3,(H,19,20). The summed E-state index contributed by atoms with van der Waals surface area (Å²) >= 11 is 2.16. The summed E-state index contributed by atoms with van der Waals surface area (Å²) in [7, 11) is 3.19. The van der Waals surface area contributed by atoms with Gasteiger partial charge in [0.2, 0.25) is 0 Å². The van der Waals surface area contributed by atoms with E-state index in [1.165, 1.54) is 0 Å². The van der Waals surface area contributed by atoms with Crippen LogP contribution in [-0.4, -0.2) is 20.1 Å². The number of carbonyl (C=O) groups is 1. The van der Waals surface area contributed by atoms with Crippen molar-refractivity contribution in [3.05, 3.63) is 57.2 Å². The van der Waals surface area contributed by atoms with Gasteiger partial charge in [-0.15, -0.1) is 0 Å². The summed E-state index contributed by atoms with van der Waals surface area (Å²) in [5.74, 6) is 1.23. The summed E-state index contributed by atoms with van der Waals surface area (Å²) < 4.78 is 11.4. The molecular formula is C17H18INO3. The molecule has 116 valence electrons. The fraction of sp³-hybridized carbons (Fsp3) is 0.235. The largest absolute Gasteiger partial charge is 0.493 e. The molecule has 2 aromatic rings. The molecule has 0 saturated heterocycles. The Kier molecular flexibility index (Phi) is 5.65. The first-order valence-corrected chi connectivity index (χ1v) is 7.92. The molecule has 0 radical (unpaired) electrons. The number of nitrogens with one attached hydrogen (secondary N) is 1. The Hall–Kier alpha value is -1.76. The second kappa shape index (κ2) is 7.49. The molecule has 1 atom stereocenters. The number of carbonyl (C=O) groups excluding carboxylic acids is 1. The van der Waals surface area contributed by atoms with Gasteiger partial charge in [0, 0.05) is 3.57 Å². The number of hydrogen-bond acceptors (Lipinski definition) is 3. The van der Waals surface area contributed by atoms with Gasteiger partial charge in [0.25, 0.3) is 5.91 Å². The summed E-state index contributed by atoms with van der Waals surface area (Å²) in [5.41, 5.74) is 1.63. The molecular weight excluding hydrogens is 393 g/mol. The Morgan fingerprint density at radius 1 is 1.09 bits per heavy atom. The van der Waals surface area contributed by atoms with Crippen molar-refractivity contribution in [2.45, 2.75) is 13.0 Å². The quantitative estimate of drug-likeness (QED) is 0.762. The molecule has 0 heterocycles. The molecule has 1 amide bonds. The molecule has 0 saturated carbocycles. The number of rotatable bonds is 5. The normalized spacial score (nSPS) is 11.6. The van der Waals surface area contributed by atoms with E-state index in [4.69, 9.17) is 9.47 Å². The van der Waals surface area contributed by atoms with Crippen LogP contribution in [0.1, 0.15) is 28.9 Å². The molecule has 0 aliphatic carbocycles. The first kappa shape index (κ1) is 16.6. The van der Waals surface area contributed by atoms with Crippen molar-refractivity contribution < 1.29 is 14.3 Å². The number of ether oxygens (including phenoxy) is 2. The minimum atomic E-state index is -0.136. The van der Waals surface area contributed by atoms with Crippen molar-refractivity contribution in [1.82, 2.24) is 5.32 Å². The lowest BCUT2D eigenvalue weighted by Gasteiger charge is -2.17. The number of methoxy groups -OCH3 is 2. The molecule has 1 N–H and O–H groups in total. The Labute approximate surface area is 144 Å². The van der Waals surface area contributed by atoms with Crippen molar-refractivity contribution in [1.29, 1.82) is 0 Å². The van der Waals surface area contributed by atoms with Crippen molar-refractivity contribution >= 4 is 28.5 Å². The molecule has 0 fully saturated rings. The van der Waals surface area contributed by atoms with E-state index in [9.17, 15) is 4.79 Å². The molecule has 2 aromatic carbocycles. The van der Waals surface area contributed by atoms with Crippen LogP contribution in [-0.2, 0) is 0 Å². The maximum Gasteiger partial charge on any atom is 0.252 e. The van der Waals surface area contributed by atoms with Gasteiger partial charge in [0.05, 0.1) is 25.8 Å². The Morgan fingerprint density at radius 2 is 1.77 bits per heavy atom. The Bertz CT molecular complexity index is 673. The highest BCUT2D eigenvalue weighted by atomic mass is 127. The zero-order chi connectivity index (χ0) is 16.1. The third kappa shape index (κ3) is 3.71. The van der Waals surface area contributed by atoms with Crippen LogP contribution in [0.15, 0.2) is 42.5 Å². The van der Waals surface area contributed by atoms with Crippen LogP contribution < -0.4 is 14.8 Å². The fourth-order valence-electron chi connectivity index (χ4n) is 2.13. The number of halogens is 1. The predicted octanol–water partition coefficient (Wildman–Crippen LogP) is 3.80. The first-order chi connectivity index (χ1) is 10.6. The summed E-state index contributed by atoms with van der Waals surface area (Å²) in [6, 6.07) is 13.0. The second-order valence-corrected chi connectivity index (χ2v) is 5.95. The van der Waals surface area contributed by atoms with E-state index < -0.39 is 0 Å².